The summed E-state index contributed by atoms with van der Waals surface area (Å²) in [7, 11) is 0. The van der Waals surface area contributed by atoms with E-state index >= 15 is 0 Å². The van der Waals surface area contributed by atoms with Crippen molar-refractivity contribution in [3.8, 4) is 0 Å². The number of hydrazine groups is 1. The van der Waals surface area contributed by atoms with Crippen LogP contribution in [0, 0.1) is 0 Å². The van der Waals surface area contributed by atoms with Gasteiger partial charge >= 0.3 is 0 Å². The van der Waals surface area contributed by atoms with Crippen molar-refractivity contribution in [3.05, 3.63) is 108 Å². The molecule has 0 aliphatic rings. The second kappa shape index (κ2) is 10.9. The van der Waals surface area contributed by atoms with Gasteiger partial charge in [0.25, 0.3) is 0 Å². The van der Waals surface area contributed by atoms with Crippen molar-refractivity contribution in [2.24, 2.45) is 0 Å². The van der Waals surface area contributed by atoms with E-state index in [9.17, 15) is 4.79 Å². The molecule has 0 aliphatic heterocycles. The first-order valence-electron chi connectivity index (χ1n) is 8.37. The topological polar surface area (TPSA) is 23.6 Å². The van der Waals surface area contributed by atoms with Gasteiger partial charge in [-0.15, -0.1) is 6.41 Å². The minimum Gasteiger partial charge on any atom is -0.518 e. The fourth-order valence-corrected chi connectivity index (χ4v) is 2.76. The minimum atomic E-state index is 0. The quantitative estimate of drug-likeness (QED) is 0.310. The van der Waals surface area contributed by atoms with Crippen molar-refractivity contribution in [2.45, 2.75) is 19.6 Å². The Bertz CT molecular complexity index is 724. The fraction of sp³-hybridized carbons (Fsp3) is 0.136. The Balaban J connectivity index is 0.00000243. The molecule has 0 saturated heterocycles. The maximum Gasteiger partial charge on any atom is 0.0407 e. The molecule has 26 heavy (non-hydrogen) atoms. The van der Waals surface area contributed by atoms with Crippen molar-refractivity contribution >= 4 is 6.41 Å². The average molecular weight is 421 g/mol. The van der Waals surface area contributed by atoms with Gasteiger partial charge in [0.05, 0.1) is 0 Å². The van der Waals surface area contributed by atoms with Crippen LogP contribution in [0.15, 0.2) is 91.0 Å². The molecule has 0 heterocycles. The Morgan fingerprint density at radius 3 is 1.27 bits per heavy atom. The molecule has 3 rings (SSSR count). The molecule has 0 fully saturated rings. The summed E-state index contributed by atoms with van der Waals surface area (Å²) in [6, 6.07) is 30.3. The maximum absolute atomic E-state index is 11.7. The standard InChI is InChI=1S/C22H21N2O.Zr/c25-19-24(18-22-14-8-3-9-15-22)23(16-20-10-4-1-5-11-20)17-21-12-6-2-7-13-21;/h1-15H,16-18H2;/q-1;. The summed E-state index contributed by atoms with van der Waals surface area (Å²) in [5.74, 6) is 0. The molecular formula is C22H21N2OZr-. The number of amides is 1. The van der Waals surface area contributed by atoms with Crippen LogP contribution in [-0.4, -0.2) is 16.4 Å². The van der Waals surface area contributed by atoms with E-state index in [1.165, 1.54) is 0 Å². The van der Waals surface area contributed by atoms with E-state index in [4.69, 9.17) is 0 Å². The average Bonchev–Trinajstić information content (AvgIpc) is 2.68. The maximum atomic E-state index is 11.7. The van der Waals surface area contributed by atoms with Gasteiger partial charge in [0.15, 0.2) is 0 Å². The van der Waals surface area contributed by atoms with Crippen molar-refractivity contribution < 1.29 is 31.0 Å². The van der Waals surface area contributed by atoms with Crippen molar-refractivity contribution in [1.82, 2.24) is 10.0 Å². The predicted octanol–water partition coefficient (Wildman–Crippen LogP) is 4.17. The summed E-state index contributed by atoms with van der Waals surface area (Å²) in [5.41, 5.74) is 3.40. The van der Waals surface area contributed by atoms with Crippen LogP contribution < -0.4 is 0 Å². The van der Waals surface area contributed by atoms with Crippen molar-refractivity contribution in [1.29, 1.82) is 0 Å². The molecule has 0 atom stereocenters. The van der Waals surface area contributed by atoms with Gasteiger partial charge in [-0.05, 0) is 16.7 Å². The molecule has 3 aromatic carbocycles. The monoisotopic (exact) mass is 419 g/mol. The van der Waals surface area contributed by atoms with E-state index in [2.05, 4.69) is 30.7 Å². The summed E-state index contributed by atoms with van der Waals surface area (Å²) in [6.07, 6.45) is 2.10. The third kappa shape index (κ3) is 6.05. The number of carbonyl (C=O) groups excluding carboxylic acids is 1. The predicted molar refractivity (Wildman–Crippen MR) is 99.8 cm³/mol. The van der Waals surface area contributed by atoms with Gasteiger partial charge in [-0.3, -0.25) is 0 Å². The van der Waals surface area contributed by atoms with Crippen LogP contribution in [0.1, 0.15) is 16.7 Å². The zero-order valence-electron chi connectivity index (χ0n) is 14.6. The molecule has 0 aliphatic carbocycles. The molecule has 0 saturated carbocycles. The molecule has 0 bridgehead atoms. The van der Waals surface area contributed by atoms with Crippen molar-refractivity contribution in [3.63, 3.8) is 0 Å². The van der Waals surface area contributed by atoms with E-state index in [0.29, 0.717) is 19.6 Å². The molecular weight excluding hydrogens is 399 g/mol. The van der Waals surface area contributed by atoms with E-state index in [1.807, 2.05) is 71.7 Å². The van der Waals surface area contributed by atoms with Gasteiger partial charge in [0, 0.05) is 45.8 Å². The van der Waals surface area contributed by atoms with Crippen molar-refractivity contribution in [2.75, 3.05) is 0 Å². The Hall–Kier alpha value is -2.03. The van der Waals surface area contributed by atoms with Gasteiger partial charge in [-0.1, -0.05) is 91.0 Å². The molecule has 0 spiro atoms. The van der Waals surface area contributed by atoms with Gasteiger partial charge in [0.1, 0.15) is 0 Å². The molecule has 3 nitrogen and oxygen atoms in total. The van der Waals surface area contributed by atoms with E-state index < -0.39 is 0 Å². The van der Waals surface area contributed by atoms with Crippen LogP contribution in [-0.2, 0) is 50.6 Å². The fourth-order valence-electron chi connectivity index (χ4n) is 2.76. The number of hydrogen-bond donors (Lipinski definition) is 0. The van der Waals surface area contributed by atoms with Crippen LogP contribution in [0.3, 0.4) is 0 Å². The summed E-state index contributed by atoms with van der Waals surface area (Å²) in [6.45, 7) is 1.81. The second-order valence-corrected chi connectivity index (χ2v) is 5.93. The van der Waals surface area contributed by atoms with E-state index in [1.54, 1.807) is 5.01 Å². The van der Waals surface area contributed by atoms with Gasteiger partial charge in [0.2, 0.25) is 0 Å². The molecule has 0 aromatic heterocycles. The Morgan fingerprint density at radius 2 is 0.923 bits per heavy atom. The first kappa shape index (κ1) is 20.3. The molecule has 0 radical (unpaired) electrons. The zero-order chi connectivity index (χ0) is 17.3. The first-order valence-corrected chi connectivity index (χ1v) is 8.37. The zero-order valence-corrected chi connectivity index (χ0v) is 17.0. The summed E-state index contributed by atoms with van der Waals surface area (Å²) >= 11 is 0. The van der Waals surface area contributed by atoms with Gasteiger partial charge in [-0.2, -0.15) is 0 Å². The molecule has 4 heteroatoms. The first-order chi connectivity index (χ1) is 12.3. The van der Waals surface area contributed by atoms with Crippen LogP contribution in [0.25, 0.3) is 0 Å². The van der Waals surface area contributed by atoms with Crippen LogP contribution in [0.4, 0.5) is 0 Å². The summed E-state index contributed by atoms with van der Waals surface area (Å²) in [5, 5.41) is 3.67. The minimum absolute atomic E-state index is 0. The number of rotatable bonds is 8. The van der Waals surface area contributed by atoms with Gasteiger partial charge in [-0.25, -0.2) is 5.01 Å². The Labute approximate surface area is 174 Å². The van der Waals surface area contributed by atoms with Crippen LogP contribution >= 0.6 is 0 Å². The third-order valence-electron chi connectivity index (χ3n) is 4.04. The summed E-state index contributed by atoms with van der Waals surface area (Å²) in [4.78, 5) is 11.7. The molecule has 0 unspecified atom stereocenters. The van der Waals surface area contributed by atoms with E-state index in [-0.39, 0.29) is 26.2 Å². The molecule has 1 amide bonds. The smallest absolute Gasteiger partial charge is 0.0407 e. The molecule has 3 aromatic rings. The largest absolute Gasteiger partial charge is 0.518 e. The second-order valence-electron chi connectivity index (χ2n) is 5.93. The number of benzene rings is 3. The Morgan fingerprint density at radius 1 is 0.577 bits per heavy atom. The van der Waals surface area contributed by atoms with Crippen LogP contribution in [0.2, 0.25) is 0 Å². The summed E-state index contributed by atoms with van der Waals surface area (Å²) < 4.78 is 0. The number of nitrogens with zero attached hydrogens (tertiary/aromatic N) is 2. The normalized spacial score (nSPS) is 10.2. The SMILES string of the molecule is O=[C-]N(Cc1ccccc1)N(Cc1ccccc1)Cc1ccccc1.[Zr]. The van der Waals surface area contributed by atoms with Gasteiger partial charge < -0.3 is 9.80 Å². The Kier molecular flexibility index (Phi) is 8.47. The van der Waals surface area contributed by atoms with E-state index in [0.717, 1.165) is 16.7 Å². The third-order valence-corrected chi connectivity index (χ3v) is 4.04. The molecule has 130 valence electrons. The number of hydrogen-bond acceptors (Lipinski definition) is 2. The molecule has 0 N–H and O–H groups in total. The van der Waals surface area contributed by atoms with Crippen LogP contribution in [0.5, 0.6) is 0 Å².